The van der Waals surface area contributed by atoms with E-state index in [0.29, 0.717) is 11.0 Å². The molecule has 0 rings (SSSR count). The monoisotopic (exact) mass is 438 g/mol. The highest BCUT2D eigenvalue weighted by Crippen LogP contribution is 2.39. The molecule has 0 aromatic heterocycles. The van der Waals surface area contributed by atoms with Gasteiger partial charge in [-0.3, -0.25) is 4.57 Å². The molecule has 0 radical (unpaired) electrons. The smallest absolute Gasteiger partial charge is 0.406 e. The fourth-order valence-corrected chi connectivity index (χ4v) is 3.48. The molecule has 1 N–H and O–H groups in total. The summed E-state index contributed by atoms with van der Waals surface area (Å²) >= 11 is 0. The molecular weight excluding hydrogens is 395 g/mol. The average Bonchev–Trinajstić information content (AvgIpc) is 2.63. The van der Waals surface area contributed by atoms with Gasteiger partial charge in [0.15, 0.2) is 0 Å². The van der Waals surface area contributed by atoms with Gasteiger partial charge < -0.3 is 28.5 Å². The quantitative estimate of drug-likeness (QED) is 0.199. The minimum atomic E-state index is -4.36. The third-order valence-electron chi connectivity index (χ3n) is 4.60. The van der Waals surface area contributed by atoms with Crippen molar-refractivity contribution < 1.29 is 32.5 Å². The van der Waals surface area contributed by atoms with Gasteiger partial charge in [0.2, 0.25) is 0 Å². The van der Waals surface area contributed by atoms with Crippen molar-refractivity contribution in [2.75, 3.05) is 54.6 Å². The third kappa shape index (κ3) is 19.1. The zero-order valence-electron chi connectivity index (χ0n) is 19.1. The molecule has 0 bridgehead atoms. The molecule has 0 aliphatic carbocycles. The van der Waals surface area contributed by atoms with Gasteiger partial charge in [0.05, 0.1) is 34.4 Å². The Morgan fingerprint density at radius 3 is 2.14 bits per heavy atom. The number of unbranched alkanes of at least 4 members (excludes halogenated alkanes) is 7. The highest BCUT2D eigenvalue weighted by Gasteiger charge is 2.18. The van der Waals surface area contributed by atoms with Gasteiger partial charge in [-0.1, -0.05) is 58.3 Å². The zero-order valence-corrected chi connectivity index (χ0v) is 20.0. The molecule has 0 heterocycles. The molecule has 0 aliphatic heterocycles. The van der Waals surface area contributed by atoms with E-state index in [2.05, 4.69) is 12.2 Å². The van der Waals surface area contributed by atoms with Crippen LogP contribution in [0, 0.1) is 5.92 Å². The van der Waals surface area contributed by atoms with Gasteiger partial charge in [0.25, 0.3) is 7.82 Å². The van der Waals surface area contributed by atoms with E-state index in [1.807, 2.05) is 21.1 Å². The molecule has 0 aromatic carbocycles. The molecule has 2 unspecified atom stereocenters. The Morgan fingerprint density at radius 1 is 1.00 bits per heavy atom. The number of quaternary nitrogens is 1. The summed E-state index contributed by atoms with van der Waals surface area (Å²) in [5.41, 5.74) is 0. The van der Waals surface area contributed by atoms with Gasteiger partial charge in [-0.15, -0.1) is 0 Å². The lowest BCUT2D eigenvalue weighted by atomic mass is 10.0. The average molecular weight is 439 g/mol. The Morgan fingerprint density at radius 2 is 1.59 bits per heavy atom. The van der Waals surface area contributed by atoms with E-state index in [1.54, 1.807) is 0 Å². The molecule has 174 valence electrons. The van der Waals surface area contributed by atoms with Crippen molar-refractivity contribution in [2.24, 2.45) is 5.92 Å². The predicted molar refractivity (Wildman–Crippen MR) is 114 cm³/mol. The van der Waals surface area contributed by atoms with Crippen LogP contribution in [0.5, 0.6) is 0 Å². The summed E-state index contributed by atoms with van der Waals surface area (Å²) in [5.74, 6) is -0.184. The van der Waals surface area contributed by atoms with Crippen LogP contribution in [0.1, 0.15) is 64.7 Å². The van der Waals surface area contributed by atoms with Crippen LogP contribution in [0.25, 0.3) is 0 Å². The Hall–Kier alpha value is -0.660. The maximum absolute atomic E-state index is 12.0. The topological polar surface area (TPSA) is 96.9 Å². The van der Waals surface area contributed by atoms with E-state index < -0.39 is 13.9 Å². The Kier molecular flexibility index (Phi) is 15.7. The van der Waals surface area contributed by atoms with Crippen LogP contribution < -0.4 is 10.2 Å². The first-order valence-corrected chi connectivity index (χ1v) is 12.3. The normalized spacial score (nSPS) is 15.0. The number of alkyl carbamates (subject to hydrolysis) is 1. The number of nitrogens with one attached hydrogen (secondary N) is 1. The summed E-state index contributed by atoms with van der Waals surface area (Å²) in [6.07, 6.45) is 9.73. The molecule has 9 heteroatoms. The summed E-state index contributed by atoms with van der Waals surface area (Å²) in [6, 6.07) is 0. The maximum Gasteiger partial charge on any atom is 0.406 e. The van der Waals surface area contributed by atoms with Crippen LogP contribution in [-0.2, 0) is 18.3 Å². The number of carbonyl (C=O) groups excluding carboxylic acids is 1. The second-order valence-corrected chi connectivity index (χ2v) is 9.98. The van der Waals surface area contributed by atoms with Gasteiger partial charge in [0, 0.05) is 13.0 Å². The number of nitrogens with zero attached hydrogens (tertiary/aromatic N) is 1. The molecule has 0 saturated carbocycles. The number of amides is 1. The highest BCUT2D eigenvalue weighted by atomic mass is 31.2. The number of rotatable bonds is 18. The largest absolute Gasteiger partial charge is 0.756 e. The molecule has 0 spiro atoms. The number of likely N-dealkylation sites (N-methyl/N-ethyl adjacent to an activating group) is 1. The third-order valence-corrected chi connectivity index (χ3v) is 5.56. The van der Waals surface area contributed by atoms with Gasteiger partial charge in [-0.25, -0.2) is 4.79 Å². The standard InChI is InChI=1S/C20H43N2O6P/c1-6-7-8-9-10-11-12-13-14-19(17-26-20(23)21-2)18-28-29(24,25)27-16-15-22(3,4)5/h19H,6-18H2,1-5H3,(H-,21,23,24,25). The number of hydrogen-bond donors (Lipinski definition) is 1. The minimum Gasteiger partial charge on any atom is -0.756 e. The lowest BCUT2D eigenvalue weighted by Crippen LogP contribution is -2.37. The first-order chi connectivity index (χ1) is 13.6. The zero-order chi connectivity index (χ0) is 22.2. The first kappa shape index (κ1) is 28.3. The van der Waals surface area contributed by atoms with Crippen LogP contribution in [-0.4, -0.2) is 65.1 Å². The van der Waals surface area contributed by atoms with Gasteiger partial charge in [-0.2, -0.15) is 0 Å². The highest BCUT2D eigenvalue weighted by molar-refractivity contribution is 7.45. The molecular formula is C20H43N2O6P. The maximum atomic E-state index is 12.0. The van der Waals surface area contributed by atoms with E-state index in [9.17, 15) is 14.3 Å². The molecule has 8 nitrogen and oxygen atoms in total. The van der Waals surface area contributed by atoms with Gasteiger partial charge in [-0.05, 0) is 6.42 Å². The number of phosphoric ester groups is 1. The lowest BCUT2D eigenvalue weighted by Gasteiger charge is -2.28. The van der Waals surface area contributed by atoms with Crippen molar-refractivity contribution in [1.82, 2.24) is 5.32 Å². The minimum absolute atomic E-state index is 0.0430. The van der Waals surface area contributed by atoms with Crippen LogP contribution in [0.3, 0.4) is 0 Å². The molecule has 1 amide bonds. The van der Waals surface area contributed by atoms with Crippen molar-refractivity contribution in [3.8, 4) is 0 Å². The molecule has 0 aromatic rings. The van der Waals surface area contributed by atoms with E-state index >= 15 is 0 Å². The van der Waals surface area contributed by atoms with Crippen molar-refractivity contribution in [1.29, 1.82) is 0 Å². The Balaban J connectivity index is 4.27. The van der Waals surface area contributed by atoms with Crippen LogP contribution >= 0.6 is 7.82 Å². The number of ether oxygens (including phenoxy) is 1. The molecule has 0 saturated heterocycles. The van der Waals surface area contributed by atoms with Crippen LogP contribution in [0.4, 0.5) is 4.79 Å². The number of phosphoric acid groups is 1. The SMILES string of the molecule is CCCCCCCCCCC(COC(=O)NC)COP(=O)([O-])OCC[N+](C)(C)C. The Bertz CT molecular complexity index is 470. The van der Waals surface area contributed by atoms with Crippen molar-refractivity contribution in [3.05, 3.63) is 0 Å². The second kappa shape index (κ2) is 16.1. The number of hydrogen-bond acceptors (Lipinski definition) is 6. The molecule has 0 aliphatic rings. The summed E-state index contributed by atoms with van der Waals surface area (Å²) in [7, 11) is 2.99. The molecule has 0 fully saturated rings. The second-order valence-electron chi connectivity index (χ2n) is 8.57. The summed E-state index contributed by atoms with van der Waals surface area (Å²) in [4.78, 5) is 23.3. The van der Waals surface area contributed by atoms with Crippen molar-refractivity contribution in [3.63, 3.8) is 0 Å². The molecule has 29 heavy (non-hydrogen) atoms. The Labute approximate surface area is 177 Å². The molecule has 2 atom stereocenters. The van der Waals surface area contributed by atoms with E-state index in [4.69, 9.17) is 13.8 Å². The summed E-state index contributed by atoms with van der Waals surface area (Å²) in [6.45, 7) is 2.91. The summed E-state index contributed by atoms with van der Waals surface area (Å²) in [5, 5.41) is 2.39. The summed E-state index contributed by atoms with van der Waals surface area (Å²) < 4.78 is 27.7. The fourth-order valence-electron chi connectivity index (χ4n) is 2.71. The van der Waals surface area contributed by atoms with Crippen LogP contribution in [0.15, 0.2) is 0 Å². The van der Waals surface area contributed by atoms with Crippen LogP contribution in [0.2, 0.25) is 0 Å². The van der Waals surface area contributed by atoms with E-state index in [-0.39, 0.29) is 25.7 Å². The van der Waals surface area contributed by atoms with Gasteiger partial charge in [0.1, 0.15) is 13.2 Å². The van der Waals surface area contributed by atoms with Gasteiger partial charge >= 0.3 is 6.09 Å². The van der Waals surface area contributed by atoms with E-state index in [1.165, 1.54) is 45.6 Å². The fraction of sp³-hybridized carbons (Fsp3) is 0.950. The van der Waals surface area contributed by atoms with E-state index in [0.717, 1.165) is 19.3 Å². The van der Waals surface area contributed by atoms with Crippen molar-refractivity contribution in [2.45, 2.75) is 64.7 Å². The number of carbonyl (C=O) groups is 1. The first-order valence-electron chi connectivity index (χ1n) is 10.8. The predicted octanol–water partition coefficient (Wildman–Crippen LogP) is 3.70. The lowest BCUT2D eigenvalue weighted by molar-refractivity contribution is -0.870. The van der Waals surface area contributed by atoms with Crippen molar-refractivity contribution >= 4 is 13.9 Å².